The highest BCUT2D eigenvalue weighted by molar-refractivity contribution is 9.10. The molecular formula is C12H8BrFN2O4S. The molecule has 0 aliphatic heterocycles. The van der Waals surface area contributed by atoms with Crippen LogP contribution < -0.4 is 4.72 Å². The third-order valence-corrected chi connectivity index (χ3v) is 4.44. The predicted molar refractivity (Wildman–Crippen MR) is 76.1 cm³/mol. The zero-order valence-corrected chi connectivity index (χ0v) is 12.6. The molecule has 9 heteroatoms. The van der Waals surface area contributed by atoms with Gasteiger partial charge < -0.3 is 5.11 Å². The lowest BCUT2D eigenvalue weighted by molar-refractivity contribution is 0.0697. The summed E-state index contributed by atoms with van der Waals surface area (Å²) in [6, 6.07) is 5.59. The Morgan fingerprint density at radius 1 is 1.29 bits per heavy atom. The van der Waals surface area contributed by atoms with Crippen molar-refractivity contribution in [1.82, 2.24) is 4.98 Å². The van der Waals surface area contributed by atoms with E-state index in [2.05, 4.69) is 25.6 Å². The van der Waals surface area contributed by atoms with Gasteiger partial charge in [0.05, 0.1) is 14.9 Å². The first kappa shape index (κ1) is 15.4. The molecular weight excluding hydrogens is 367 g/mol. The van der Waals surface area contributed by atoms with E-state index in [4.69, 9.17) is 5.11 Å². The van der Waals surface area contributed by atoms with Gasteiger partial charge in [-0.2, -0.15) is 0 Å². The molecule has 0 aliphatic rings. The first-order valence-corrected chi connectivity index (χ1v) is 7.74. The largest absolute Gasteiger partial charge is 0.478 e. The highest BCUT2D eigenvalue weighted by Crippen LogP contribution is 2.21. The van der Waals surface area contributed by atoms with Crippen molar-refractivity contribution in [2.24, 2.45) is 0 Å². The van der Waals surface area contributed by atoms with E-state index in [0.717, 1.165) is 18.3 Å². The summed E-state index contributed by atoms with van der Waals surface area (Å²) in [4.78, 5) is 14.2. The van der Waals surface area contributed by atoms with Crippen molar-refractivity contribution in [1.29, 1.82) is 0 Å². The number of nitrogens with one attached hydrogen (secondary N) is 1. The number of hydrogen-bond acceptors (Lipinski definition) is 4. The Morgan fingerprint density at radius 3 is 2.62 bits per heavy atom. The lowest BCUT2D eigenvalue weighted by Gasteiger charge is -2.08. The molecule has 2 N–H and O–H groups in total. The van der Waals surface area contributed by atoms with E-state index in [1.807, 2.05) is 0 Å². The van der Waals surface area contributed by atoms with Crippen molar-refractivity contribution < 1.29 is 22.7 Å². The standard InChI is InChI=1S/C12H8BrFN2O4S/c13-9-2-1-8(6-10(9)14)21(19,20)16-11-5-7(12(17)18)3-4-15-11/h1-6H,(H,15,16)(H,17,18). The molecule has 21 heavy (non-hydrogen) atoms. The second kappa shape index (κ2) is 5.78. The van der Waals surface area contributed by atoms with Crippen LogP contribution >= 0.6 is 15.9 Å². The number of nitrogens with zero attached hydrogens (tertiary/aromatic N) is 1. The minimum atomic E-state index is -4.06. The number of rotatable bonds is 4. The van der Waals surface area contributed by atoms with Gasteiger partial charge in [0, 0.05) is 6.20 Å². The molecule has 2 rings (SSSR count). The molecule has 6 nitrogen and oxygen atoms in total. The van der Waals surface area contributed by atoms with E-state index in [-0.39, 0.29) is 20.7 Å². The quantitative estimate of drug-likeness (QED) is 0.856. The normalized spacial score (nSPS) is 11.1. The maximum atomic E-state index is 13.4. The Labute approximate surface area is 127 Å². The van der Waals surface area contributed by atoms with Crippen molar-refractivity contribution in [3.05, 3.63) is 52.4 Å². The average Bonchev–Trinajstić information content (AvgIpc) is 2.41. The van der Waals surface area contributed by atoms with Crippen LogP contribution in [0, 0.1) is 5.82 Å². The summed E-state index contributed by atoms with van der Waals surface area (Å²) in [6.45, 7) is 0. The Hall–Kier alpha value is -2.00. The summed E-state index contributed by atoms with van der Waals surface area (Å²) >= 11 is 2.92. The molecule has 0 bridgehead atoms. The van der Waals surface area contributed by atoms with E-state index in [0.29, 0.717) is 0 Å². The summed E-state index contributed by atoms with van der Waals surface area (Å²) in [5.41, 5.74) is -0.121. The lowest BCUT2D eigenvalue weighted by Crippen LogP contribution is -2.14. The van der Waals surface area contributed by atoms with Crippen LogP contribution in [0.25, 0.3) is 0 Å². The molecule has 0 atom stereocenters. The van der Waals surface area contributed by atoms with Crippen LogP contribution in [0.5, 0.6) is 0 Å². The fraction of sp³-hybridized carbons (Fsp3) is 0. The van der Waals surface area contributed by atoms with Crippen molar-refractivity contribution in [2.75, 3.05) is 4.72 Å². The zero-order valence-electron chi connectivity index (χ0n) is 10.2. The van der Waals surface area contributed by atoms with Gasteiger partial charge in [-0.3, -0.25) is 4.72 Å². The van der Waals surface area contributed by atoms with Crippen molar-refractivity contribution in [2.45, 2.75) is 4.90 Å². The first-order chi connectivity index (χ1) is 9.79. The number of carboxylic acid groups (broad SMARTS) is 1. The van der Waals surface area contributed by atoms with E-state index in [1.165, 1.54) is 18.2 Å². The molecule has 0 aliphatic carbocycles. The molecule has 0 unspecified atom stereocenters. The summed E-state index contributed by atoms with van der Waals surface area (Å²) in [7, 11) is -4.06. The average molecular weight is 375 g/mol. The number of benzene rings is 1. The Kier molecular flexibility index (Phi) is 4.24. The molecule has 0 spiro atoms. The number of aromatic nitrogens is 1. The molecule has 0 amide bonds. The van der Waals surface area contributed by atoms with E-state index < -0.39 is 21.8 Å². The van der Waals surface area contributed by atoms with E-state index in [1.54, 1.807) is 0 Å². The van der Waals surface area contributed by atoms with Gasteiger partial charge in [-0.25, -0.2) is 22.6 Å². The Balaban J connectivity index is 2.35. The number of carboxylic acids is 1. The van der Waals surface area contributed by atoms with Gasteiger partial charge in [0.1, 0.15) is 11.6 Å². The van der Waals surface area contributed by atoms with Crippen LogP contribution in [-0.4, -0.2) is 24.5 Å². The van der Waals surface area contributed by atoms with Crippen LogP contribution in [0.15, 0.2) is 45.9 Å². The highest BCUT2D eigenvalue weighted by atomic mass is 79.9. The fourth-order valence-corrected chi connectivity index (χ4v) is 2.72. The third-order valence-electron chi connectivity index (χ3n) is 2.45. The fourth-order valence-electron chi connectivity index (χ4n) is 1.46. The van der Waals surface area contributed by atoms with Gasteiger partial charge >= 0.3 is 5.97 Å². The smallest absolute Gasteiger partial charge is 0.335 e. The van der Waals surface area contributed by atoms with Gasteiger partial charge in [0.15, 0.2) is 0 Å². The minimum Gasteiger partial charge on any atom is -0.478 e. The first-order valence-electron chi connectivity index (χ1n) is 5.47. The number of aromatic carboxylic acids is 1. The van der Waals surface area contributed by atoms with Crippen LogP contribution in [0.4, 0.5) is 10.2 Å². The van der Waals surface area contributed by atoms with Crippen molar-refractivity contribution >= 4 is 37.7 Å². The van der Waals surface area contributed by atoms with E-state index in [9.17, 15) is 17.6 Å². The van der Waals surface area contributed by atoms with E-state index >= 15 is 0 Å². The maximum Gasteiger partial charge on any atom is 0.335 e. The number of anilines is 1. The molecule has 2 aromatic rings. The molecule has 1 heterocycles. The number of sulfonamides is 1. The monoisotopic (exact) mass is 374 g/mol. The van der Waals surface area contributed by atoms with Crippen molar-refractivity contribution in [3.63, 3.8) is 0 Å². The SMILES string of the molecule is O=C(O)c1ccnc(NS(=O)(=O)c2ccc(Br)c(F)c2)c1. The summed E-state index contributed by atoms with van der Waals surface area (Å²) in [5.74, 6) is -2.11. The van der Waals surface area contributed by atoms with Crippen LogP contribution in [0.3, 0.4) is 0 Å². The zero-order chi connectivity index (χ0) is 15.6. The number of halogens is 2. The number of pyridine rings is 1. The number of hydrogen-bond donors (Lipinski definition) is 2. The summed E-state index contributed by atoms with van der Waals surface area (Å²) in [6.07, 6.45) is 1.16. The third kappa shape index (κ3) is 3.56. The number of carbonyl (C=O) groups is 1. The maximum absolute atomic E-state index is 13.4. The molecule has 1 aromatic carbocycles. The molecule has 0 fully saturated rings. The van der Waals surface area contributed by atoms with Crippen LogP contribution in [0.2, 0.25) is 0 Å². The van der Waals surface area contributed by atoms with Gasteiger partial charge in [0.25, 0.3) is 10.0 Å². The van der Waals surface area contributed by atoms with Gasteiger partial charge in [-0.05, 0) is 46.3 Å². The predicted octanol–water partition coefficient (Wildman–Crippen LogP) is 2.48. The molecule has 110 valence electrons. The van der Waals surface area contributed by atoms with Gasteiger partial charge in [-0.15, -0.1) is 0 Å². The second-order valence-electron chi connectivity index (χ2n) is 3.92. The van der Waals surface area contributed by atoms with Gasteiger partial charge in [-0.1, -0.05) is 0 Å². The second-order valence-corrected chi connectivity index (χ2v) is 6.45. The Bertz CT molecular complexity index is 811. The molecule has 0 saturated heterocycles. The van der Waals surface area contributed by atoms with Crippen LogP contribution in [0.1, 0.15) is 10.4 Å². The van der Waals surface area contributed by atoms with Crippen LogP contribution in [-0.2, 0) is 10.0 Å². The molecule has 1 aromatic heterocycles. The minimum absolute atomic E-state index is 0.121. The Morgan fingerprint density at radius 2 is 2.00 bits per heavy atom. The van der Waals surface area contributed by atoms with Crippen molar-refractivity contribution in [3.8, 4) is 0 Å². The lowest BCUT2D eigenvalue weighted by atomic mass is 10.3. The molecule has 0 radical (unpaired) electrons. The molecule has 0 saturated carbocycles. The summed E-state index contributed by atoms with van der Waals surface area (Å²) < 4.78 is 39.7. The topological polar surface area (TPSA) is 96.4 Å². The van der Waals surface area contributed by atoms with Gasteiger partial charge in [0.2, 0.25) is 0 Å². The highest BCUT2D eigenvalue weighted by Gasteiger charge is 2.17. The summed E-state index contributed by atoms with van der Waals surface area (Å²) in [5, 5.41) is 8.83.